The molecule has 2 saturated heterocycles. The van der Waals surface area contributed by atoms with Crippen LogP contribution in [0.4, 0.5) is 38.5 Å². The predicted molar refractivity (Wildman–Crippen MR) is 158 cm³/mol. The van der Waals surface area contributed by atoms with E-state index in [2.05, 4.69) is 21.3 Å². The van der Waals surface area contributed by atoms with E-state index >= 15 is 0 Å². The van der Waals surface area contributed by atoms with Gasteiger partial charge in [0.25, 0.3) is 0 Å². The molecule has 3 aromatic carbocycles. The molecule has 46 heavy (non-hydrogen) atoms. The van der Waals surface area contributed by atoms with Crippen molar-refractivity contribution in [2.45, 2.75) is 24.9 Å². The number of carbonyl (C=O) groups is 2. The van der Waals surface area contributed by atoms with Gasteiger partial charge in [-0.1, -0.05) is 0 Å². The first-order chi connectivity index (χ1) is 21.7. The summed E-state index contributed by atoms with van der Waals surface area (Å²) in [6, 6.07) is 7.34. The highest BCUT2D eigenvalue weighted by molar-refractivity contribution is 7.91. The summed E-state index contributed by atoms with van der Waals surface area (Å²) in [5.74, 6) is -11.2. The molecule has 4 N–H and O–H groups in total. The van der Waals surface area contributed by atoms with Crippen LogP contribution in [0, 0.1) is 23.3 Å². The number of hydrogen-bond acceptors (Lipinski definition) is 8. The Morgan fingerprint density at radius 3 is 1.20 bits per heavy atom. The van der Waals surface area contributed by atoms with Gasteiger partial charge in [-0.15, -0.1) is 0 Å². The van der Waals surface area contributed by atoms with E-state index in [4.69, 9.17) is 9.47 Å². The van der Waals surface area contributed by atoms with Gasteiger partial charge in [-0.2, -0.15) is 17.6 Å². The number of nitrogens with one attached hydrogen (secondary N) is 4. The summed E-state index contributed by atoms with van der Waals surface area (Å²) in [6.07, 6.45) is 0.554. The van der Waals surface area contributed by atoms with E-state index in [0.29, 0.717) is 0 Å². The molecule has 3 aromatic rings. The van der Waals surface area contributed by atoms with Crippen LogP contribution in [0.5, 0.6) is 23.0 Å². The quantitative estimate of drug-likeness (QED) is 0.199. The Kier molecular flexibility index (Phi) is 9.29. The molecule has 246 valence electrons. The Labute approximate surface area is 260 Å². The van der Waals surface area contributed by atoms with Gasteiger partial charge in [-0.05, 0) is 61.4 Å². The van der Waals surface area contributed by atoms with Crippen LogP contribution in [-0.4, -0.2) is 64.0 Å². The Morgan fingerprint density at radius 2 is 0.913 bits per heavy atom. The van der Waals surface area contributed by atoms with Crippen molar-refractivity contribution in [1.29, 1.82) is 0 Å². The average molecular weight is 687 g/mol. The van der Waals surface area contributed by atoms with Crippen LogP contribution in [0.2, 0.25) is 0 Å². The minimum Gasteiger partial charge on any atom is -0.451 e. The van der Waals surface area contributed by atoms with E-state index in [1.54, 1.807) is 0 Å². The molecule has 0 radical (unpaired) electrons. The van der Waals surface area contributed by atoms with Crippen LogP contribution in [-0.2, 0) is 19.7 Å². The van der Waals surface area contributed by atoms with E-state index in [1.165, 1.54) is 48.5 Å². The number of rotatable bonds is 8. The van der Waals surface area contributed by atoms with Crippen molar-refractivity contribution in [3.63, 3.8) is 0 Å². The highest BCUT2D eigenvalue weighted by Gasteiger charge is 2.31. The van der Waals surface area contributed by atoms with Crippen molar-refractivity contribution < 1.29 is 53.5 Å². The van der Waals surface area contributed by atoms with E-state index in [1.807, 2.05) is 0 Å². The maximum Gasteiger partial charge on any atom is 0.319 e. The van der Waals surface area contributed by atoms with E-state index < -0.39 is 78.6 Å². The number of anilines is 2. The largest absolute Gasteiger partial charge is 0.451 e. The fourth-order valence-electron chi connectivity index (χ4n) is 4.74. The summed E-state index contributed by atoms with van der Waals surface area (Å²) in [4.78, 5) is 24.3. The molecule has 2 atom stereocenters. The Morgan fingerprint density at radius 1 is 0.587 bits per heavy atom. The number of ether oxygens (including phenoxy) is 2. The first-order valence-corrected chi connectivity index (χ1v) is 17.3. The van der Waals surface area contributed by atoms with Crippen LogP contribution < -0.4 is 30.7 Å². The molecular formula is C28H26F4N4O8S2. The zero-order valence-corrected chi connectivity index (χ0v) is 25.2. The summed E-state index contributed by atoms with van der Waals surface area (Å²) in [5, 5.41) is 9.96. The van der Waals surface area contributed by atoms with Crippen LogP contribution in [0.1, 0.15) is 12.8 Å². The fourth-order valence-corrected chi connectivity index (χ4v) is 8.09. The molecule has 0 unspecified atom stereocenters. The van der Waals surface area contributed by atoms with Crippen molar-refractivity contribution in [3.05, 3.63) is 71.8 Å². The number of carbonyl (C=O) groups excluding carboxylic acids is 2. The number of sulfone groups is 2. The van der Waals surface area contributed by atoms with Gasteiger partial charge in [0.05, 0.1) is 23.0 Å². The lowest BCUT2D eigenvalue weighted by molar-refractivity contribution is 0.248. The average Bonchev–Trinajstić information content (AvgIpc) is 3.52. The number of hydrogen-bond donors (Lipinski definition) is 4. The van der Waals surface area contributed by atoms with Crippen molar-refractivity contribution in [3.8, 4) is 23.0 Å². The number of urea groups is 2. The summed E-state index contributed by atoms with van der Waals surface area (Å²) in [7, 11) is -6.40. The second kappa shape index (κ2) is 13.0. The van der Waals surface area contributed by atoms with Gasteiger partial charge in [0.2, 0.25) is 34.8 Å². The van der Waals surface area contributed by atoms with Gasteiger partial charge >= 0.3 is 12.1 Å². The lowest BCUT2D eigenvalue weighted by Crippen LogP contribution is -2.38. The van der Waals surface area contributed by atoms with Crippen molar-refractivity contribution >= 4 is 43.1 Å². The van der Waals surface area contributed by atoms with Crippen LogP contribution in [0.3, 0.4) is 0 Å². The zero-order chi connectivity index (χ0) is 33.2. The molecule has 4 amide bonds. The highest BCUT2D eigenvalue weighted by atomic mass is 32.2. The molecule has 18 heteroatoms. The Hall–Kier alpha value is -4.58. The Balaban J connectivity index is 1.19. The molecule has 2 heterocycles. The van der Waals surface area contributed by atoms with Crippen molar-refractivity contribution in [2.24, 2.45) is 0 Å². The maximum atomic E-state index is 14.8. The molecule has 0 aliphatic carbocycles. The molecule has 2 fully saturated rings. The normalized spacial score (nSPS) is 19.7. The predicted octanol–water partition coefficient (Wildman–Crippen LogP) is 4.44. The van der Waals surface area contributed by atoms with Gasteiger partial charge in [0, 0.05) is 23.5 Å². The van der Waals surface area contributed by atoms with E-state index in [9.17, 15) is 44.0 Å². The summed E-state index contributed by atoms with van der Waals surface area (Å²) in [6.45, 7) is 0. The smallest absolute Gasteiger partial charge is 0.319 e. The van der Waals surface area contributed by atoms with E-state index in [0.717, 1.165) is 0 Å². The molecule has 5 rings (SSSR count). The van der Waals surface area contributed by atoms with Gasteiger partial charge < -0.3 is 30.7 Å². The van der Waals surface area contributed by atoms with Crippen LogP contribution in [0.25, 0.3) is 0 Å². The van der Waals surface area contributed by atoms with Gasteiger partial charge in [-0.25, -0.2) is 26.4 Å². The number of amides is 4. The minimum atomic E-state index is -3.20. The van der Waals surface area contributed by atoms with Crippen LogP contribution in [0.15, 0.2) is 48.5 Å². The second-order valence-corrected chi connectivity index (χ2v) is 15.0. The highest BCUT2D eigenvalue weighted by Crippen LogP contribution is 2.39. The van der Waals surface area contributed by atoms with Crippen molar-refractivity contribution in [2.75, 3.05) is 33.6 Å². The third kappa shape index (κ3) is 7.97. The summed E-state index contributed by atoms with van der Waals surface area (Å²) >= 11 is 0. The number of benzene rings is 3. The standard InChI is InChI=1S/C28H26F4N4O8S2/c29-21-23(31)26(44-20-7-3-16(4-8-20)34-28(38)36-18-10-12-46(41,42)14-18)24(32)22(30)25(21)43-19-5-1-15(2-6-19)33-27(37)35-17-9-11-45(39,40)13-17/h1-8,17-18H,9-14H2,(H2,33,35,37)(H2,34,36,38)/t17-,18+. The van der Waals surface area contributed by atoms with Gasteiger partial charge in [0.1, 0.15) is 11.5 Å². The van der Waals surface area contributed by atoms with Gasteiger partial charge in [0.15, 0.2) is 19.7 Å². The SMILES string of the molecule is O=C(Nc1ccc(Oc2c(F)c(F)c(Oc3ccc(NC(=O)N[C@H]4CCS(=O)(=O)C4)cc3)c(F)c2F)cc1)N[C@@H]1CCS(=O)(=O)C1. The lowest BCUT2D eigenvalue weighted by Gasteiger charge is -2.15. The lowest BCUT2D eigenvalue weighted by atomic mass is 10.2. The molecule has 0 saturated carbocycles. The first kappa shape index (κ1) is 32.8. The molecule has 0 bridgehead atoms. The molecule has 12 nitrogen and oxygen atoms in total. The summed E-state index contributed by atoms with van der Waals surface area (Å²) in [5.41, 5.74) is 0.415. The monoisotopic (exact) mass is 686 g/mol. The molecule has 0 spiro atoms. The van der Waals surface area contributed by atoms with E-state index in [-0.39, 0.29) is 58.7 Å². The second-order valence-electron chi connectivity index (χ2n) is 10.6. The first-order valence-electron chi connectivity index (χ1n) is 13.7. The van der Waals surface area contributed by atoms with Crippen LogP contribution >= 0.6 is 0 Å². The maximum absolute atomic E-state index is 14.8. The molecule has 2 aliphatic heterocycles. The molecule has 0 aromatic heterocycles. The molecular weight excluding hydrogens is 660 g/mol. The zero-order valence-electron chi connectivity index (χ0n) is 23.6. The van der Waals surface area contributed by atoms with Gasteiger partial charge in [-0.3, -0.25) is 0 Å². The Bertz CT molecular complexity index is 1710. The fraction of sp³-hybridized carbons (Fsp3) is 0.286. The summed E-state index contributed by atoms with van der Waals surface area (Å²) < 4.78 is 116. The third-order valence-corrected chi connectivity index (χ3v) is 10.5. The minimum absolute atomic E-state index is 0.0303. The number of halogens is 4. The third-order valence-electron chi connectivity index (χ3n) is 6.98. The molecule has 2 aliphatic rings. The van der Waals surface area contributed by atoms with Crippen molar-refractivity contribution in [1.82, 2.24) is 10.6 Å². The topological polar surface area (TPSA) is 169 Å².